The van der Waals surface area contributed by atoms with Crippen molar-refractivity contribution in [1.29, 1.82) is 0 Å². The number of H-pyrrole nitrogens is 1. The normalized spacial score (nSPS) is 18.3. The molecule has 3 aromatic heterocycles. The lowest BCUT2D eigenvalue weighted by atomic mass is 10.0. The second-order valence-corrected chi connectivity index (χ2v) is 7.59. The van der Waals surface area contributed by atoms with Crippen molar-refractivity contribution in [2.75, 3.05) is 13.1 Å². The van der Waals surface area contributed by atoms with E-state index in [4.69, 9.17) is 0 Å². The molecule has 26 heavy (non-hydrogen) atoms. The Hall–Kier alpha value is -2.48. The van der Waals surface area contributed by atoms with Gasteiger partial charge < -0.3 is 5.11 Å². The van der Waals surface area contributed by atoms with E-state index in [-0.39, 0.29) is 11.8 Å². The van der Waals surface area contributed by atoms with Crippen molar-refractivity contribution in [3.63, 3.8) is 0 Å². The summed E-state index contributed by atoms with van der Waals surface area (Å²) < 4.78 is 1.63. The number of thiophene rings is 1. The molecule has 7 heteroatoms. The highest BCUT2D eigenvalue weighted by Crippen LogP contribution is 2.29. The first-order chi connectivity index (χ1) is 12.7. The van der Waals surface area contributed by atoms with Crippen molar-refractivity contribution < 1.29 is 5.11 Å². The Balaban J connectivity index is 1.71. The number of aliphatic hydroxyl groups excluding tert-OH is 1. The first-order valence-electron chi connectivity index (χ1n) is 8.65. The maximum Gasteiger partial charge on any atom is 0.348 e. The average Bonchev–Trinajstić information content (AvgIpc) is 3.37. The van der Waals surface area contributed by atoms with Gasteiger partial charge in [0.1, 0.15) is 0 Å². The molecule has 4 heterocycles. The van der Waals surface area contributed by atoms with Gasteiger partial charge in [-0.2, -0.15) is 16.4 Å². The van der Waals surface area contributed by atoms with Crippen LogP contribution in [0.1, 0.15) is 12.0 Å². The molecule has 0 radical (unpaired) electrons. The quantitative estimate of drug-likeness (QED) is 0.584. The topological polar surface area (TPSA) is 73.6 Å². The Morgan fingerprint density at radius 1 is 1.27 bits per heavy atom. The van der Waals surface area contributed by atoms with Crippen molar-refractivity contribution in [2.45, 2.75) is 19.1 Å². The van der Waals surface area contributed by atoms with Crippen molar-refractivity contribution in [1.82, 2.24) is 19.5 Å². The van der Waals surface area contributed by atoms with E-state index in [0.717, 1.165) is 47.1 Å². The van der Waals surface area contributed by atoms with Crippen LogP contribution in [0.5, 0.6) is 0 Å². The van der Waals surface area contributed by atoms with Gasteiger partial charge in [-0.25, -0.2) is 14.3 Å². The molecule has 1 atom stereocenters. The van der Waals surface area contributed by atoms with Gasteiger partial charge in [0.05, 0.1) is 11.6 Å². The number of hydrogen-bond donors (Lipinski definition) is 2. The molecule has 1 saturated heterocycles. The van der Waals surface area contributed by atoms with Gasteiger partial charge in [0.25, 0.3) is 0 Å². The lowest BCUT2D eigenvalue weighted by molar-refractivity contribution is 0.175. The van der Waals surface area contributed by atoms with Crippen LogP contribution in [0.2, 0.25) is 0 Å². The molecule has 0 aliphatic carbocycles. The van der Waals surface area contributed by atoms with Gasteiger partial charge in [0.2, 0.25) is 0 Å². The van der Waals surface area contributed by atoms with Crippen LogP contribution < -0.4 is 5.69 Å². The largest absolute Gasteiger partial charge is 0.392 e. The minimum Gasteiger partial charge on any atom is -0.392 e. The highest BCUT2D eigenvalue weighted by molar-refractivity contribution is 7.08. The summed E-state index contributed by atoms with van der Waals surface area (Å²) in [5, 5.41) is 21.7. The number of fused-ring (bicyclic) bond motifs is 3. The first-order valence-corrected chi connectivity index (χ1v) is 9.59. The number of β-amino-alcohol motifs (C(OH)–C–C–N with tert-alkyl or cyclic N) is 1. The predicted octanol–water partition coefficient (Wildman–Crippen LogP) is 2.47. The smallest absolute Gasteiger partial charge is 0.348 e. The third kappa shape index (κ3) is 2.56. The van der Waals surface area contributed by atoms with Crippen LogP contribution in [0.3, 0.4) is 0 Å². The lowest BCUT2D eigenvalue weighted by Crippen LogP contribution is -2.22. The van der Waals surface area contributed by atoms with E-state index in [1.165, 1.54) is 0 Å². The second-order valence-electron chi connectivity index (χ2n) is 6.81. The molecule has 6 nitrogen and oxygen atoms in total. The Morgan fingerprint density at radius 2 is 2.19 bits per heavy atom. The van der Waals surface area contributed by atoms with E-state index < -0.39 is 0 Å². The van der Waals surface area contributed by atoms with E-state index in [2.05, 4.69) is 44.7 Å². The SMILES string of the molecule is O=c1[nH]nc2cc(CN3CC[C@H](O)C3)c3ccc(-c4ccsc4)cc3n12. The lowest BCUT2D eigenvalue weighted by Gasteiger charge is -2.17. The van der Waals surface area contributed by atoms with Gasteiger partial charge in [-0.15, -0.1) is 0 Å². The molecule has 4 aromatic rings. The van der Waals surface area contributed by atoms with Crippen LogP contribution in [-0.4, -0.2) is 43.8 Å². The monoisotopic (exact) mass is 366 g/mol. The summed E-state index contributed by atoms with van der Waals surface area (Å²) in [6.07, 6.45) is 0.563. The number of aliphatic hydroxyl groups is 1. The van der Waals surface area contributed by atoms with Gasteiger partial charge >= 0.3 is 5.69 Å². The first kappa shape index (κ1) is 15.7. The summed E-state index contributed by atoms with van der Waals surface area (Å²) in [5.41, 5.74) is 4.61. The summed E-state index contributed by atoms with van der Waals surface area (Å²) in [4.78, 5) is 14.5. The number of likely N-dealkylation sites (tertiary alicyclic amines) is 1. The van der Waals surface area contributed by atoms with Crippen LogP contribution in [0.4, 0.5) is 0 Å². The molecule has 0 bridgehead atoms. The molecule has 1 fully saturated rings. The fourth-order valence-electron chi connectivity index (χ4n) is 3.80. The molecule has 1 aliphatic rings. The minimum atomic E-state index is -0.247. The van der Waals surface area contributed by atoms with Crippen molar-refractivity contribution in [3.8, 4) is 11.1 Å². The van der Waals surface area contributed by atoms with Crippen LogP contribution in [0.25, 0.3) is 27.7 Å². The molecule has 1 aromatic carbocycles. The zero-order valence-corrected chi connectivity index (χ0v) is 14.9. The number of rotatable bonds is 3. The number of hydrogen-bond acceptors (Lipinski definition) is 5. The minimum absolute atomic E-state index is 0.226. The summed E-state index contributed by atoms with van der Waals surface area (Å²) in [6, 6.07) is 10.3. The number of benzene rings is 1. The van der Waals surface area contributed by atoms with E-state index in [1.807, 2.05) is 11.4 Å². The number of aromatic nitrogens is 3. The summed E-state index contributed by atoms with van der Waals surface area (Å²) in [5.74, 6) is 0. The Bertz CT molecular complexity index is 1150. The molecular weight excluding hydrogens is 348 g/mol. The fraction of sp³-hybridized carbons (Fsp3) is 0.263. The molecule has 0 amide bonds. The van der Waals surface area contributed by atoms with Gasteiger partial charge in [-0.05, 0) is 52.1 Å². The molecule has 0 unspecified atom stereocenters. The van der Waals surface area contributed by atoms with Crippen LogP contribution in [0, 0.1) is 0 Å². The van der Waals surface area contributed by atoms with Gasteiger partial charge in [0.15, 0.2) is 5.65 Å². The van der Waals surface area contributed by atoms with Crippen molar-refractivity contribution in [2.24, 2.45) is 0 Å². The summed E-state index contributed by atoms with van der Waals surface area (Å²) in [7, 11) is 0. The number of nitrogens with one attached hydrogen (secondary N) is 1. The molecular formula is C19H18N4O2S. The summed E-state index contributed by atoms with van der Waals surface area (Å²) in [6.45, 7) is 2.31. The molecule has 0 spiro atoms. The molecule has 1 aliphatic heterocycles. The maximum atomic E-state index is 12.3. The zero-order valence-electron chi connectivity index (χ0n) is 14.1. The average molecular weight is 366 g/mol. The third-order valence-corrected chi connectivity index (χ3v) is 5.77. The molecule has 0 saturated carbocycles. The third-order valence-electron chi connectivity index (χ3n) is 5.08. The van der Waals surface area contributed by atoms with Gasteiger partial charge in [-0.1, -0.05) is 12.1 Å². The van der Waals surface area contributed by atoms with Gasteiger partial charge in [-0.3, -0.25) is 4.90 Å². The highest BCUT2D eigenvalue weighted by atomic mass is 32.1. The number of pyridine rings is 1. The number of nitrogens with zero attached hydrogens (tertiary/aromatic N) is 3. The van der Waals surface area contributed by atoms with Gasteiger partial charge in [0, 0.05) is 25.0 Å². The van der Waals surface area contributed by atoms with Crippen molar-refractivity contribution >= 4 is 27.9 Å². The maximum absolute atomic E-state index is 12.3. The van der Waals surface area contributed by atoms with E-state index >= 15 is 0 Å². The second kappa shape index (κ2) is 6.05. The van der Waals surface area contributed by atoms with Crippen LogP contribution in [0.15, 0.2) is 45.9 Å². The van der Waals surface area contributed by atoms with E-state index in [0.29, 0.717) is 12.2 Å². The Kier molecular flexibility index (Phi) is 3.66. The van der Waals surface area contributed by atoms with E-state index in [1.54, 1.807) is 15.7 Å². The highest BCUT2D eigenvalue weighted by Gasteiger charge is 2.21. The molecule has 5 rings (SSSR count). The number of aromatic amines is 1. The Morgan fingerprint density at radius 3 is 2.96 bits per heavy atom. The fourth-order valence-corrected chi connectivity index (χ4v) is 4.46. The Labute approximate surface area is 153 Å². The predicted molar refractivity (Wildman–Crippen MR) is 103 cm³/mol. The van der Waals surface area contributed by atoms with Crippen LogP contribution >= 0.6 is 11.3 Å². The zero-order chi connectivity index (χ0) is 17.7. The molecule has 132 valence electrons. The van der Waals surface area contributed by atoms with E-state index in [9.17, 15) is 9.90 Å². The van der Waals surface area contributed by atoms with Crippen LogP contribution in [-0.2, 0) is 6.54 Å². The van der Waals surface area contributed by atoms with Crippen molar-refractivity contribution in [3.05, 3.63) is 57.1 Å². The summed E-state index contributed by atoms with van der Waals surface area (Å²) >= 11 is 1.66. The molecule has 2 N–H and O–H groups in total. The standard InChI is InChI=1S/C19H18N4O2S/c24-15-3-5-22(10-15)9-14-8-18-20-21-19(25)23(18)17-7-12(1-2-16(14)17)13-4-6-26-11-13/h1-2,4,6-8,11,15,24H,3,5,9-10H2,(H,21,25)/t15-/m0/s1.